The summed E-state index contributed by atoms with van der Waals surface area (Å²) in [7, 11) is 1.24. The Balaban J connectivity index is 2.18. The van der Waals surface area contributed by atoms with E-state index in [-0.39, 0.29) is 22.8 Å². The quantitative estimate of drug-likeness (QED) is 0.663. The van der Waals surface area contributed by atoms with Crippen molar-refractivity contribution in [3.05, 3.63) is 47.4 Å². The number of carbonyl (C=O) groups is 2. The molecule has 0 unspecified atom stereocenters. The van der Waals surface area contributed by atoms with Crippen molar-refractivity contribution >= 4 is 17.6 Å². The summed E-state index contributed by atoms with van der Waals surface area (Å²) in [5.74, 6) is -0.539. The van der Waals surface area contributed by atoms with Crippen LogP contribution in [0, 0.1) is 6.92 Å². The minimum Gasteiger partial charge on any atom is -0.506 e. The van der Waals surface area contributed by atoms with E-state index in [1.165, 1.54) is 31.4 Å². The summed E-state index contributed by atoms with van der Waals surface area (Å²) >= 11 is 0. The van der Waals surface area contributed by atoms with Crippen molar-refractivity contribution < 1.29 is 23.8 Å². The summed E-state index contributed by atoms with van der Waals surface area (Å²) in [5, 5.41) is 12.3. The van der Waals surface area contributed by atoms with Gasteiger partial charge in [0.05, 0.1) is 18.4 Å². The minimum atomic E-state index is -0.570. The molecule has 0 aliphatic rings. The first kappa shape index (κ1) is 13.7. The Bertz CT molecular complexity index is 659. The van der Waals surface area contributed by atoms with Crippen LogP contribution in [0.5, 0.6) is 5.75 Å². The molecular formula is C14H13NO5. The predicted octanol–water partition coefficient (Wildman–Crippen LogP) is 2.33. The van der Waals surface area contributed by atoms with Gasteiger partial charge in [-0.3, -0.25) is 4.79 Å². The van der Waals surface area contributed by atoms with Crippen molar-refractivity contribution in [1.29, 1.82) is 0 Å². The molecule has 1 aromatic heterocycles. The number of methoxy groups -OCH3 is 1. The van der Waals surface area contributed by atoms with Crippen LogP contribution in [0.25, 0.3) is 0 Å². The number of esters is 1. The molecule has 0 fully saturated rings. The smallest absolute Gasteiger partial charge is 0.337 e. The molecule has 1 amide bonds. The monoisotopic (exact) mass is 275 g/mol. The highest BCUT2D eigenvalue weighted by Crippen LogP contribution is 2.25. The number of aryl methyl sites for hydroxylation is 1. The normalized spacial score (nSPS) is 10.1. The summed E-state index contributed by atoms with van der Waals surface area (Å²) in [4.78, 5) is 23.1. The molecule has 0 bridgehead atoms. The van der Waals surface area contributed by atoms with Crippen LogP contribution in [0.1, 0.15) is 26.7 Å². The maximum absolute atomic E-state index is 11.8. The van der Waals surface area contributed by atoms with Gasteiger partial charge < -0.3 is 19.6 Å². The molecule has 0 saturated heterocycles. The van der Waals surface area contributed by atoms with Crippen molar-refractivity contribution in [3.63, 3.8) is 0 Å². The van der Waals surface area contributed by atoms with E-state index in [0.717, 1.165) is 0 Å². The van der Waals surface area contributed by atoms with Crippen LogP contribution in [0.3, 0.4) is 0 Å². The molecule has 0 radical (unpaired) electrons. The second-order valence-corrected chi connectivity index (χ2v) is 4.09. The molecule has 6 heteroatoms. The van der Waals surface area contributed by atoms with E-state index < -0.39 is 11.9 Å². The molecule has 1 heterocycles. The Morgan fingerprint density at radius 1 is 1.25 bits per heavy atom. The lowest BCUT2D eigenvalue weighted by molar-refractivity contribution is 0.0600. The summed E-state index contributed by atoms with van der Waals surface area (Å²) in [6, 6.07) is 7.26. The molecule has 2 rings (SSSR count). The Hall–Kier alpha value is -2.76. The summed E-state index contributed by atoms with van der Waals surface area (Å²) in [6.45, 7) is 1.72. The van der Waals surface area contributed by atoms with Gasteiger partial charge in [-0.15, -0.1) is 0 Å². The van der Waals surface area contributed by atoms with Crippen LogP contribution in [0.15, 0.2) is 34.7 Å². The second-order valence-electron chi connectivity index (χ2n) is 4.09. The van der Waals surface area contributed by atoms with Gasteiger partial charge in [0.15, 0.2) is 5.76 Å². The van der Waals surface area contributed by atoms with Crippen LogP contribution in [-0.2, 0) is 4.74 Å². The molecule has 0 spiro atoms. The average Bonchev–Trinajstić information content (AvgIpc) is 2.86. The van der Waals surface area contributed by atoms with Gasteiger partial charge in [0.2, 0.25) is 0 Å². The fourth-order valence-corrected chi connectivity index (χ4v) is 1.62. The van der Waals surface area contributed by atoms with Crippen molar-refractivity contribution in [3.8, 4) is 5.75 Å². The molecule has 1 aromatic carbocycles. The number of amides is 1. The fraction of sp³-hybridized carbons (Fsp3) is 0.143. The van der Waals surface area contributed by atoms with Crippen molar-refractivity contribution in [2.75, 3.05) is 12.4 Å². The van der Waals surface area contributed by atoms with E-state index in [1.807, 2.05) is 0 Å². The number of nitrogens with one attached hydrogen (secondary N) is 1. The number of carbonyl (C=O) groups excluding carboxylic acids is 2. The second kappa shape index (κ2) is 5.48. The van der Waals surface area contributed by atoms with Gasteiger partial charge in [0.25, 0.3) is 5.91 Å². The van der Waals surface area contributed by atoms with Gasteiger partial charge in [-0.2, -0.15) is 0 Å². The maximum atomic E-state index is 11.8. The molecule has 6 nitrogen and oxygen atoms in total. The first-order chi connectivity index (χ1) is 9.51. The molecule has 0 aliphatic carbocycles. The zero-order chi connectivity index (χ0) is 14.7. The molecule has 20 heavy (non-hydrogen) atoms. The average molecular weight is 275 g/mol. The molecule has 0 saturated carbocycles. The minimum absolute atomic E-state index is 0.138. The van der Waals surface area contributed by atoms with E-state index >= 15 is 0 Å². The Morgan fingerprint density at radius 3 is 2.55 bits per heavy atom. The number of phenols is 1. The van der Waals surface area contributed by atoms with E-state index in [9.17, 15) is 14.7 Å². The van der Waals surface area contributed by atoms with Crippen LogP contribution in [0.2, 0.25) is 0 Å². The molecule has 104 valence electrons. The number of aromatic hydroxyl groups is 1. The van der Waals surface area contributed by atoms with Crippen LogP contribution in [0.4, 0.5) is 5.69 Å². The third kappa shape index (κ3) is 2.80. The third-order valence-electron chi connectivity index (χ3n) is 2.63. The Labute approximate surface area is 115 Å². The van der Waals surface area contributed by atoms with Crippen molar-refractivity contribution in [2.45, 2.75) is 6.92 Å². The molecule has 0 aliphatic heterocycles. The molecule has 0 atom stereocenters. The van der Waals surface area contributed by atoms with E-state index in [4.69, 9.17) is 4.42 Å². The summed E-state index contributed by atoms with van der Waals surface area (Å²) in [6.07, 6.45) is 0. The number of hydrogen-bond acceptors (Lipinski definition) is 5. The van der Waals surface area contributed by atoms with Crippen LogP contribution in [-0.4, -0.2) is 24.1 Å². The maximum Gasteiger partial charge on any atom is 0.337 e. The Morgan fingerprint density at radius 2 is 2.00 bits per heavy atom. The number of furan rings is 1. The predicted molar refractivity (Wildman–Crippen MR) is 70.8 cm³/mol. The van der Waals surface area contributed by atoms with Crippen LogP contribution >= 0.6 is 0 Å². The zero-order valence-corrected chi connectivity index (χ0v) is 11.0. The van der Waals surface area contributed by atoms with E-state index in [0.29, 0.717) is 5.76 Å². The fourth-order valence-electron chi connectivity index (χ4n) is 1.62. The van der Waals surface area contributed by atoms with E-state index in [2.05, 4.69) is 10.1 Å². The molecule has 2 aromatic rings. The summed E-state index contributed by atoms with van der Waals surface area (Å²) < 4.78 is 9.70. The number of anilines is 1. The first-order valence-electron chi connectivity index (χ1n) is 5.80. The largest absolute Gasteiger partial charge is 0.506 e. The lowest BCUT2D eigenvalue weighted by Crippen LogP contribution is -2.11. The first-order valence-corrected chi connectivity index (χ1v) is 5.80. The van der Waals surface area contributed by atoms with Gasteiger partial charge in [-0.25, -0.2) is 4.79 Å². The zero-order valence-electron chi connectivity index (χ0n) is 11.0. The van der Waals surface area contributed by atoms with Crippen molar-refractivity contribution in [2.24, 2.45) is 0 Å². The number of benzene rings is 1. The number of phenolic OH excluding ortho intramolecular Hbond substituents is 1. The van der Waals surface area contributed by atoms with E-state index in [1.54, 1.807) is 13.0 Å². The lowest BCUT2D eigenvalue weighted by atomic mass is 10.2. The van der Waals surface area contributed by atoms with Gasteiger partial charge >= 0.3 is 5.97 Å². The van der Waals surface area contributed by atoms with Gasteiger partial charge in [0.1, 0.15) is 11.5 Å². The van der Waals surface area contributed by atoms with Crippen molar-refractivity contribution in [1.82, 2.24) is 0 Å². The van der Waals surface area contributed by atoms with Gasteiger partial charge in [-0.1, -0.05) is 0 Å². The lowest BCUT2D eigenvalue weighted by Gasteiger charge is -2.07. The third-order valence-corrected chi connectivity index (χ3v) is 2.63. The SMILES string of the molecule is COC(=O)c1ccc(NC(=O)c2ccc(C)o2)c(O)c1. The summed E-state index contributed by atoms with van der Waals surface area (Å²) in [5.41, 5.74) is 0.369. The van der Waals surface area contributed by atoms with Crippen LogP contribution < -0.4 is 5.32 Å². The highest BCUT2D eigenvalue weighted by molar-refractivity contribution is 6.03. The molecule has 2 N–H and O–H groups in total. The molecular weight excluding hydrogens is 262 g/mol. The standard InChI is InChI=1S/C14H13NO5/c1-8-3-6-12(20-8)13(17)15-10-5-4-9(7-11(10)16)14(18)19-2/h3-7,16H,1-2H3,(H,15,17). The number of rotatable bonds is 3. The Kier molecular flexibility index (Phi) is 3.74. The highest BCUT2D eigenvalue weighted by atomic mass is 16.5. The topological polar surface area (TPSA) is 88.8 Å². The van der Waals surface area contributed by atoms with Gasteiger partial charge in [-0.05, 0) is 37.3 Å². The number of ether oxygens (including phenoxy) is 1. The van der Waals surface area contributed by atoms with Gasteiger partial charge in [0, 0.05) is 0 Å². The highest BCUT2D eigenvalue weighted by Gasteiger charge is 2.14. The number of hydrogen-bond donors (Lipinski definition) is 2.